The molecule has 106 valence electrons. The quantitative estimate of drug-likeness (QED) is 0.763. The molecular weight excluding hydrogens is 260 g/mol. The number of allylic oxidation sites excluding steroid dienone is 1. The van der Waals surface area contributed by atoms with Gasteiger partial charge in [0, 0.05) is 6.42 Å². The third kappa shape index (κ3) is 2.62. The molecule has 2 aromatic rings. The van der Waals surface area contributed by atoms with Crippen molar-refractivity contribution in [1.82, 2.24) is 0 Å². The van der Waals surface area contributed by atoms with Crippen LogP contribution in [0, 0.1) is 20.8 Å². The van der Waals surface area contributed by atoms with E-state index in [0.717, 1.165) is 28.0 Å². The summed E-state index contributed by atoms with van der Waals surface area (Å²) in [5.41, 5.74) is 6.11. The van der Waals surface area contributed by atoms with Gasteiger partial charge >= 0.3 is 5.97 Å². The molecule has 0 heterocycles. The van der Waals surface area contributed by atoms with Crippen LogP contribution in [0.2, 0.25) is 0 Å². The van der Waals surface area contributed by atoms with E-state index in [0.29, 0.717) is 12.0 Å². The van der Waals surface area contributed by atoms with Gasteiger partial charge in [-0.05, 0) is 49.1 Å². The number of hydrogen-bond acceptors (Lipinski definition) is 2. The molecule has 2 heteroatoms. The van der Waals surface area contributed by atoms with Crippen LogP contribution in [0.15, 0.2) is 42.2 Å². The molecule has 0 aliphatic heterocycles. The number of benzene rings is 2. The molecule has 0 atom stereocenters. The number of fused-ring (bicyclic) bond motifs is 1. The first-order valence-electron chi connectivity index (χ1n) is 7.13. The smallest absolute Gasteiger partial charge is 0.343 e. The predicted molar refractivity (Wildman–Crippen MR) is 84.2 cm³/mol. The second-order valence-corrected chi connectivity index (χ2v) is 5.65. The van der Waals surface area contributed by atoms with Crippen molar-refractivity contribution in [2.45, 2.75) is 27.2 Å². The molecule has 0 N–H and O–H groups in total. The zero-order valence-corrected chi connectivity index (χ0v) is 12.6. The number of carbonyl (C=O) groups is 1. The number of carbonyl (C=O) groups excluding carboxylic acids is 1. The van der Waals surface area contributed by atoms with E-state index in [2.05, 4.69) is 6.07 Å². The Morgan fingerprint density at radius 1 is 1.05 bits per heavy atom. The van der Waals surface area contributed by atoms with E-state index in [1.807, 2.05) is 57.2 Å². The highest BCUT2D eigenvalue weighted by molar-refractivity contribution is 5.94. The highest BCUT2D eigenvalue weighted by Crippen LogP contribution is 2.27. The molecular formula is C19H18O2. The van der Waals surface area contributed by atoms with Crippen molar-refractivity contribution < 1.29 is 9.53 Å². The van der Waals surface area contributed by atoms with Crippen LogP contribution in [0.1, 0.15) is 38.2 Å². The first-order chi connectivity index (χ1) is 10.0. The average molecular weight is 278 g/mol. The lowest BCUT2D eigenvalue weighted by atomic mass is 10.00. The molecule has 2 aromatic carbocycles. The van der Waals surface area contributed by atoms with Crippen molar-refractivity contribution in [2.24, 2.45) is 0 Å². The summed E-state index contributed by atoms with van der Waals surface area (Å²) in [5.74, 6) is 0.463. The Labute approximate surface area is 125 Å². The number of esters is 1. The summed E-state index contributed by atoms with van der Waals surface area (Å²) < 4.78 is 5.60. The second-order valence-electron chi connectivity index (χ2n) is 5.65. The maximum absolute atomic E-state index is 12.4. The minimum absolute atomic E-state index is 0.260. The average Bonchev–Trinajstić information content (AvgIpc) is 2.79. The zero-order chi connectivity index (χ0) is 15.0. The first kappa shape index (κ1) is 13.6. The third-order valence-corrected chi connectivity index (χ3v) is 3.84. The fourth-order valence-corrected chi connectivity index (χ4v) is 2.99. The lowest BCUT2D eigenvalue weighted by Gasteiger charge is -2.11. The number of ether oxygens (including phenoxy) is 1. The highest BCUT2D eigenvalue weighted by atomic mass is 16.5. The van der Waals surface area contributed by atoms with Gasteiger partial charge in [-0.15, -0.1) is 0 Å². The van der Waals surface area contributed by atoms with Gasteiger partial charge in [0.2, 0.25) is 0 Å². The monoisotopic (exact) mass is 278 g/mol. The molecule has 0 unspecified atom stereocenters. The van der Waals surface area contributed by atoms with Crippen LogP contribution in [0.5, 0.6) is 0 Å². The standard InChI is InChI=1S/C19H18O2/c1-12-8-13(2)18(14(3)9-12)19(20)21-17-10-15-6-4-5-7-16(15)11-17/h4-10H,11H2,1-3H3. The molecule has 1 aliphatic carbocycles. The zero-order valence-electron chi connectivity index (χ0n) is 12.6. The maximum atomic E-state index is 12.4. The van der Waals surface area contributed by atoms with Crippen molar-refractivity contribution in [3.63, 3.8) is 0 Å². The van der Waals surface area contributed by atoms with E-state index in [9.17, 15) is 4.79 Å². The third-order valence-electron chi connectivity index (χ3n) is 3.84. The van der Waals surface area contributed by atoms with Crippen molar-refractivity contribution >= 4 is 12.0 Å². The van der Waals surface area contributed by atoms with Crippen molar-refractivity contribution in [1.29, 1.82) is 0 Å². The Balaban J connectivity index is 1.83. The maximum Gasteiger partial charge on any atom is 0.343 e. The molecule has 1 aliphatic rings. The first-order valence-corrected chi connectivity index (χ1v) is 7.13. The molecule has 2 nitrogen and oxygen atoms in total. The summed E-state index contributed by atoms with van der Waals surface area (Å²) in [6.07, 6.45) is 2.64. The summed E-state index contributed by atoms with van der Waals surface area (Å²) in [7, 11) is 0. The molecule has 0 amide bonds. The Hall–Kier alpha value is -2.35. The molecule has 0 fully saturated rings. The highest BCUT2D eigenvalue weighted by Gasteiger charge is 2.19. The molecule has 0 bridgehead atoms. The summed E-state index contributed by atoms with van der Waals surface area (Å²) in [6.45, 7) is 5.94. The largest absolute Gasteiger partial charge is 0.427 e. The summed E-state index contributed by atoms with van der Waals surface area (Å²) in [5, 5.41) is 0. The van der Waals surface area contributed by atoms with Crippen LogP contribution in [0.25, 0.3) is 6.08 Å². The van der Waals surface area contributed by atoms with Gasteiger partial charge in [0.05, 0.1) is 5.56 Å². The Kier molecular flexibility index (Phi) is 3.38. The van der Waals surface area contributed by atoms with Gasteiger partial charge in [-0.1, -0.05) is 42.0 Å². The van der Waals surface area contributed by atoms with Crippen LogP contribution in [0.4, 0.5) is 0 Å². The van der Waals surface area contributed by atoms with Crippen LogP contribution >= 0.6 is 0 Å². The number of rotatable bonds is 2. The van der Waals surface area contributed by atoms with Crippen molar-refractivity contribution in [3.05, 3.63) is 75.5 Å². The van der Waals surface area contributed by atoms with E-state index < -0.39 is 0 Å². The van der Waals surface area contributed by atoms with E-state index in [1.54, 1.807) is 0 Å². The van der Waals surface area contributed by atoms with E-state index in [4.69, 9.17) is 4.74 Å². The Bertz CT molecular complexity index is 731. The van der Waals surface area contributed by atoms with Crippen LogP contribution < -0.4 is 0 Å². The van der Waals surface area contributed by atoms with Crippen LogP contribution in [-0.2, 0) is 11.2 Å². The van der Waals surface area contributed by atoms with Gasteiger partial charge in [-0.2, -0.15) is 0 Å². The molecule has 0 saturated heterocycles. The Morgan fingerprint density at radius 3 is 2.38 bits per heavy atom. The normalized spacial score (nSPS) is 12.8. The molecule has 0 aromatic heterocycles. The molecule has 0 spiro atoms. The van der Waals surface area contributed by atoms with Gasteiger partial charge in [-0.3, -0.25) is 0 Å². The summed E-state index contributed by atoms with van der Waals surface area (Å²) in [4.78, 5) is 12.4. The van der Waals surface area contributed by atoms with Gasteiger partial charge < -0.3 is 4.74 Å². The minimum Gasteiger partial charge on any atom is -0.427 e. The fraction of sp³-hybridized carbons (Fsp3) is 0.211. The fourth-order valence-electron chi connectivity index (χ4n) is 2.99. The molecule has 21 heavy (non-hydrogen) atoms. The second kappa shape index (κ2) is 5.21. The molecule has 3 rings (SSSR count). The van der Waals surface area contributed by atoms with Crippen LogP contribution in [-0.4, -0.2) is 5.97 Å². The van der Waals surface area contributed by atoms with E-state index >= 15 is 0 Å². The van der Waals surface area contributed by atoms with Crippen LogP contribution in [0.3, 0.4) is 0 Å². The number of aryl methyl sites for hydroxylation is 3. The van der Waals surface area contributed by atoms with E-state index in [1.165, 1.54) is 5.56 Å². The predicted octanol–water partition coefficient (Wildman–Crippen LogP) is 4.37. The summed E-state index contributed by atoms with van der Waals surface area (Å²) in [6, 6.07) is 12.1. The van der Waals surface area contributed by atoms with Gasteiger partial charge in [0.15, 0.2) is 0 Å². The van der Waals surface area contributed by atoms with Crippen molar-refractivity contribution in [3.8, 4) is 0 Å². The van der Waals surface area contributed by atoms with Crippen molar-refractivity contribution in [2.75, 3.05) is 0 Å². The lowest BCUT2D eigenvalue weighted by molar-refractivity contribution is 0.0622. The van der Waals surface area contributed by atoms with Gasteiger partial charge in [-0.25, -0.2) is 4.79 Å². The number of hydrogen-bond donors (Lipinski definition) is 0. The van der Waals surface area contributed by atoms with E-state index in [-0.39, 0.29) is 5.97 Å². The molecule has 0 saturated carbocycles. The van der Waals surface area contributed by atoms with Gasteiger partial charge in [0.25, 0.3) is 0 Å². The lowest BCUT2D eigenvalue weighted by Crippen LogP contribution is -2.09. The Morgan fingerprint density at radius 2 is 1.71 bits per heavy atom. The topological polar surface area (TPSA) is 26.3 Å². The SMILES string of the molecule is Cc1cc(C)c(C(=O)OC2=Cc3ccccc3C2)c(C)c1. The van der Waals surface area contributed by atoms with Gasteiger partial charge in [0.1, 0.15) is 5.76 Å². The summed E-state index contributed by atoms with van der Waals surface area (Å²) >= 11 is 0. The molecule has 0 radical (unpaired) electrons. The minimum atomic E-state index is -0.260.